The molecule has 2 aromatic rings. The van der Waals surface area contributed by atoms with Gasteiger partial charge < -0.3 is 10.6 Å². The number of aryl methyl sites for hydroxylation is 1. The molecule has 0 unspecified atom stereocenters. The van der Waals surface area contributed by atoms with Crippen molar-refractivity contribution >= 4 is 11.6 Å². The van der Waals surface area contributed by atoms with E-state index in [4.69, 9.17) is 0 Å². The second-order valence-corrected chi connectivity index (χ2v) is 4.69. The monoisotopic (exact) mass is 254 g/mol. The first-order chi connectivity index (χ1) is 9.36. The molecule has 4 heteroatoms. The standard InChI is InChI=1S/C15H18N4/c1-2-13-12-8-9-16-10-14(12)19-15(18-13)17-11-6-4-3-5-7-11/h3-7,16H,2,8-10H2,1H3,(H,17,18,19). The van der Waals surface area contributed by atoms with E-state index in [1.807, 2.05) is 30.3 Å². The van der Waals surface area contributed by atoms with Crippen molar-refractivity contribution in [3.05, 3.63) is 47.3 Å². The van der Waals surface area contributed by atoms with Crippen molar-refractivity contribution in [2.45, 2.75) is 26.3 Å². The Morgan fingerprint density at radius 2 is 2.05 bits per heavy atom. The van der Waals surface area contributed by atoms with Crippen molar-refractivity contribution in [2.24, 2.45) is 0 Å². The lowest BCUT2D eigenvalue weighted by atomic mass is 10.0. The zero-order valence-electron chi connectivity index (χ0n) is 11.1. The van der Waals surface area contributed by atoms with Crippen LogP contribution in [0.5, 0.6) is 0 Å². The van der Waals surface area contributed by atoms with Crippen LogP contribution in [0.15, 0.2) is 30.3 Å². The van der Waals surface area contributed by atoms with Crippen LogP contribution in [0.4, 0.5) is 11.6 Å². The van der Waals surface area contributed by atoms with E-state index in [1.54, 1.807) is 0 Å². The van der Waals surface area contributed by atoms with Gasteiger partial charge in [0, 0.05) is 17.9 Å². The minimum atomic E-state index is 0.700. The second-order valence-electron chi connectivity index (χ2n) is 4.69. The van der Waals surface area contributed by atoms with Crippen molar-refractivity contribution in [1.29, 1.82) is 0 Å². The Bertz CT molecular complexity index is 549. The lowest BCUT2D eigenvalue weighted by Gasteiger charge is -2.19. The summed E-state index contributed by atoms with van der Waals surface area (Å²) in [7, 11) is 0. The smallest absolute Gasteiger partial charge is 0.227 e. The number of nitrogens with one attached hydrogen (secondary N) is 2. The first-order valence-corrected chi connectivity index (χ1v) is 6.78. The molecule has 0 fully saturated rings. The van der Waals surface area contributed by atoms with Crippen molar-refractivity contribution in [3.8, 4) is 0 Å². The Morgan fingerprint density at radius 3 is 2.84 bits per heavy atom. The molecule has 0 aliphatic carbocycles. The number of hydrogen-bond donors (Lipinski definition) is 2. The van der Waals surface area contributed by atoms with E-state index in [0.717, 1.165) is 37.3 Å². The van der Waals surface area contributed by atoms with Crippen LogP contribution in [-0.4, -0.2) is 16.5 Å². The van der Waals surface area contributed by atoms with Crippen LogP contribution in [0.1, 0.15) is 23.9 Å². The summed E-state index contributed by atoms with van der Waals surface area (Å²) in [6.07, 6.45) is 1.98. The molecule has 98 valence electrons. The van der Waals surface area contributed by atoms with Gasteiger partial charge in [-0.1, -0.05) is 25.1 Å². The molecule has 1 aromatic carbocycles. The SMILES string of the molecule is CCc1nc(Nc2ccccc2)nc2c1CCNC2. The molecule has 3 rings (SSSR count). The Hall–Kier alpha value is -1.94. The zero-order chi connectivity index (χ0) is 13.1. The van der Waals surface area contributed by atoms with Gasteiger partial charge in [-0.25, -0.2) is 9.97 Å². The van der Waals surface area contributed by atoms with E-state index in [-0.39, 0.29) is 0 Å². The van der Waals surface area contributed by atoms with Crippen LogP contribution in [0.25, 0.3) is 0 Å². The predicted molar refractivity (Wildman–Crippen MR) is 76.5 cm³/mol. The molecule has 1 aliphatic rings. The third kappa shape index (κ3) is 2.58. The first-order valence-electron chi connectivity index (χ1n) is 6.78. The van der Waals surface area contributed by atoms with Crippen LogP contribution in [0.3, 0.4) is 0 Å². The number of nitrogens with zero attached hydrogens (tertiary/aromatic N) is 2. The van der Waals surface area contributed by atoms with Crippen LogP contribution in [-0.2, 0) is 19.4 Å². The lowest BCUT2D eigenvalue weighted by molar-refractivity contribution is 0.617. The maximum Gasteiger partial charge on any atom is 0.227 e. The maximum absolute atomic E-state index is 4.65. The number of hydrogen-bond acceptors (Lipinski definition) is 4. The fourth-order valence-corrected chi connectivity index (χ4v) is 2.44. The van der Waals surface area contributed by atoms with Crippen molar-refractivity contribution < 1.29 is 0 Å². The Morgan fingerprint density at radius 1 is 1.21 bits per heavy atom. The number of anilines is 2. The molecule has 1 aromatic heterocycles. The third-order valence-electron chi connectivity index (χ3n) is 3.39. The molecule has 1 aliphatic heterocycles. The van der Waals surface area contributed by atoms with E-state index >= 15 is 0 Å². The molecular formula is C15H18N4. The fraction of sp³-hybridized carbons (Fsp3) is 0.333. The molecule has 2 N–H and O–H groups in total. The van der Waals surface area contributed by atoms with Gasteiger partial charge in [-0.3, -0.25) is 0 Å². The molecule has 0 saturated heterocycles. The highest BCUT2D eigenvalue weighted by molar-refractivity contribution is 5.53. The highest BCUT2D eigenvalue weighted by Crippen LogP contribution is 2.20. The van der Waals surface area contributed by atoms with Gasteiger partial charge in [0.25, 0.3) is 0 Å². The van der Waals surface area contributed by atoms with Crippen molar-refractivity contribution in [3.63, 3.8) is 0 Å². The summed E-state index contributed by atoms with van der Waals surface area (Å²) < 4.78 is 0. The summed E-state index contributed by atoms with van der Waals surface area (Å²) in [6, 6.07) is 10.0. The summed E-state index contributed by atoms with van der Waals surface area (Å²) >= 11 is 0. The third-order valence-corrected chi connectivity index (χ3v) is 3.39. The molecule has 0 radical (unpaired) electrons. The van der Waals surface area contributed by atoms with Crippen molar-refractivity contribution in [2.75, 3.05) is 11.9 Å². The van der Waals surface area contributed by atoms with E-state index in [1.165, 1.54) is 11.3 Å². The molecule has 0 bridgehead atoms. The van der Waals surface area contributed by atoms with Gasteiger partial charge in [0.05, 0.1) is 5.69 Å². The summed E-state index contributed by atoms with van der Waals surface area (Å²) in [5, 5.41) is 6.64. The van der Waals surface area contributed by atoms with Crippen molar-refractivity contribution in [1.82, 2.24) is 15.3 Å². The van der Waals surface area contributed by atoms with Crippen LogP contribution >= 0.6 is 0 Å². The highest BCUT2D eigenvalue weighted by atomic mass is 15.1. The first kappa shape index (κ1) is 12.1. The minimum absolute atomic E-state index is 0.700. The fourth-order valence-electron chi connectivity index (χ4n) is 2.44. The molecule has 2 heterocycles. The lowest BCUT2D eigenvalue weighted by Crippen LogP contribution is -2.26. The van der Waals surface area contributed by atoms with Gasteiger partial charge in [-0.2, -0.15) is 0 Å². The number of benzene rings is 1. The number of rotatable bonds is 3. The summed E-state index contributed by atoms with van der Waals surface area (Å²) in [5.74, 6) is 0.700. The number of fused-ring (bicyclic) bond motifs is 1. The number of para-hydroxylation sites is 1. The quantitative estimate of drug-likeness (QED) is 0.883. The Balaban J connectivity index is 1.94. The van der Waals surface area contributed by atoms with Gasteiger partial charge in [0.1, 0.15) is 0 Å². The Kier molecular flexibility index (Phi) is 3.42. The minimum Gasteiger partial charge on any atom is -0.324 e. The molecule has 0 amide bonds. The van der Waals surface area contributed by atoms with Crippen LogP contribution in [0, 0.1) is 0 Å². The predicted octanol–water partition coefficient (Wildman–Crippen LogP) is 2.43. The van der Waals surface area contributed by atoms with E-state index in [2.05, 4.69) is 27.5 Å². The average molecular weight is 254 g/mol. The molecule has 0 saturated carbocycles. The molecule has 4 nitrogen and oxygen atoms in total. The largest absolute Gasteiger partial charge is 0.324 e. The van der Waals surface area contributed by atoms with Gasteiger partial charge in [-0.15, -0.1) is 0 Å². The van der Waals surface area contributed by atoms with Gasteiger partial charge in [0.15, 0.2) is 0 Å². The molecule has 0 spiro atoms. The normalized spacial score (nSPS) is 13.9. The van der Waals surface area contributed by atoms with E-state index < -0.39 is 0 Å². The number of aromatic nitrogens is 2. The summed E-state index contributed by atoms with van der Waals surface area (Å²) in [6.45, 7) is 4.01. The molecule has 0 atom stereocenters. The highest BCUT2D eigenvalue weighted by Gasteiger charge is 2.16. The Labute approximate surface area is 113 Å². The van der Waals surface area contributed by atoms with Gasteiger partial charge in [0.2, 0.25) is 5.95 Å². The maximum atomic E-state index is 4.65. The summed E-state index contributed by atoms with van der Waals surface area (Å²) in [5.41, 5.74) is 4.66. The molecule has 19 heavy (non-hydrogen) atoms. The van der Waals surface area contributed by atoms with E-state index in [0.29, 0.717) is 5.95 Å². The average Bonchev–Trinajstić information content (AvgIpc) is 2.47. The van der Waals surface area contributed by atoms with Gasteiger partial charge >= 0.3 is 0 Å². The topological polar surface area (TPSA) is 49.8 Å². The second kappa shape index (κ2) is 5.36. The summed E-state index contributed by atoms with van der Waals surface area (Å²) in [4.78, 5) is 9.28. The van der Waals surface area contributed by atoms with Gasteiger partial charge in [-0.05, 0) is 37.1 Å². The van der Waals surface area contributed by atoms with Crippen LogP contribution < -0.4 is 10.6 Å². The van der Waals surface area contributed by atoms with Crippen LogP contribution in [0.2, 0.25) is 0 Å². The van der Waals surface area contributed by atoms with E-state index in [9.17, 15) is 0 Å². The zero-order valence-corrected chi connectivity index (χ0v) is 11.1. The molecular weight excluding hydrogens is 236 g/mol.